The quantitative estimate of drug-likeness (QED) is 0.843. The molecule has 2 rings (SSSR count). The first kappa shape index (κ1) is 12.6. The van der Waals surface area contributed by atoms with Crippen LogP contribution in [-0.4, -0.2) is 43.3 Å². The van der Waals surface area contributed by atoms with Crippen molar-refractivity contribution in [2.45, 2.75) is 32.5 Å². The van der Waals surface area contributed by atoms with Crippen LogP contribution in [0.3, 0.4) is 0 Å². The van der Waals surface area contributed by atoms with Crippen molar-refractivity contribution in [1.29, 1.82) is 0 Å². The third-order valence-corrected chi connectivity index (χ3v) is 3.52. The van der Waals surface area contributed by atoms with Crippen molar-refractivity contribution in [2.24, 2.45) is 0 Å². The van der Waals surface area contributed by atoms with Gasteiger partial charge in [-0.05, 0) is 26.0 Å². The molecule has 1 aromatic heterocycles. The second kappa shape index (κ2) is 6.19. The summed E-state index contributed by atoms with van der Waals surface area (Å²) in [6.07, 6.45) is 1.72. The molecule has 1 N–H and O–H groups in total. The van der Waals surface area contributed by atoms with Crippen LogP contribution in [0.5, 0.6) is 0 Å². The summed E-state index contributed by atoms with van der Waals surface area (Å²) in [5, 5.41) is 3.51. The maximum absolute atomic E-state index is 5.37. The van der Waals surface area contributed by atoms with Crippen LogP contribution >= 0.6 is 0 Å². The van der Waals surface area contributed by atoms with Crippen molar-refractivity contribution in [1.82, 2.24) is 10.2 Å². The molecule has 1 aromatic rings. The zero-order valence-electron chi connectivity index (χ0n) is 10.7. The molecule has 0 aromatic carbocycles. The van der Waals surface area contributed by atoms with Gasteiger partial charge in [-0.25, -0.2) is 0 Å². The molecule has 0 aliphatic carbocycles. The first-order valence-corrected chi connectivity index (χ1v) is 6.35. The molecular weight excluding hydrogens is 216 g/mol. The third-order valence-electron chi connectivity index (χ3n) is 3.52. The Morgan fingerprint density at radius 3 is 2.76 bits per heavy atom. The van der Waals surface area contributed by atoms with Gasteiger partial charge in [0.05, 0.1) is 26.0 Å². The third kappa shape index (κ3) is 3.56. The molecule has 0 spiro atoms. The zero-order valence-corrected chi connectivity index (χ0v) is 10.7. The van der Waals surface area contributed by atoms with E-state index in [0.29, 0.717) is 12.1 Å². The van der Waals surface area contributed by atoms with E-state index in [1.807, 2.05) is 12.1 Å². The van der Waals surface area contributed by atoms with E-state index in [-0.39, 0.29) is 0 Å². The smallest absolute Gasteiger partial charge is 0.117 e. The standard InChI is InChI=1S/C13H22N2O2/c1-11(14-10-13-4-3-7-17-13)12(2)15-5-8-16-9-6-15/h3-4,7,11-12,14H,5-6,8-10H2,1-2H3. The summed E-state index contributed by atoms with van der Waals surface area (Å²) in [4.78, 5) is 2.48. The fourth-order valence-corrected chi connectivity index (χ4v) is 2.15. The van der Waals surface area contributed by atoms with Crippen LogP contribution in [0.15, 0.2) is 22.8 Å². The van der Waals surface area contributed by atoms with Gasteiger partial charge in [0.25, 0.3) is 0 Å². The monoisotopic (exact) mass is 238 g/mol. The van der Waals surface area contributed by atoms with E-state index in [1.165, 1.54) is 0 Å². The maximum atomic E-state index is 5.37. The predicted molar refractivity (Wildman–Crippen MR) is 66.9 cm³/mol. The van der Waals surface area contributed by atoms with E-state index in [1.54, 1.807) is 6.26 Å². The number of ether oxygens (including phenoxy) is 1. The largest absolute Gasteiger partial charge is 0.468 e. The Morgan fingerprint density at radius 2 is 2.12 bits per heavy atom. The molecule has 0 bridgehead atoms. The second-order valence-electron chi connectivity index (χ2n) is 4.64. The van der Waals surface area contributed by atoms with E-state index in [2.05, 4.69) is 24.1 Å². The molecule has 1 aliphatic heterocycles. The van der Waals surface area contributed by atoms with Gasteiger partial charge in [0.1, 0.15) is 5.76 Å². The van der Waals surface area contributed by atoms with Gasteiger partial charge < -0.3 is 14.5 Å². The van der Waals surface area contributed by atoms with E-state index in [0.717, 1.165) is 38.6 Å². The molecule has 2 heterocycles. The van der Waals surface area contributed by atoms with Gasteiger partial charge in [-0.3, -0.25) is 4.90 Å². The lowest BCUT2D eigenvalue weighted by atomic mass is 10.1. The molecule has 96 valence electrons. The highest BCUT2D eigenvalue weighted by Gasteiger charge is 2.21. The van der Waals surface area contributed by atoms with Crippen molar-refractivity contribution in [3.8, 4) is 0 Å². The van der Waals surface area contributed by atoms with Crippen LogP contribution in [-0.2, 0) is 11.3 Å². The Kier molecular flexibility index (Phi) is 4.59. The number of morpholine rings is 1. The van der Waals surface area contributed by atoms with Crippen molar-refractivity contribution >= 4 is 0 Å². The summed E-state index contributed by atoms with van der Waals surface area (Å²) in [5.74, 6) is 0.992. The van der Waals surface area contributed by atoms with Crippen molar-refractivity contribution in [2.75, 3.05) is 26.3 Å². The number of nitrogens with one attached hydrogen (secondary N) is 1. The van der Waals surface area contributed by atoms with Gasteiger partial charge in [0.2, 0.25) is 0 Å². The average molecular weight is 238 g/mol. The Morgan fingerprint density at radius 1 is 1.35 bits per heavy atom. The predicted octanol–water partition coefficient (Wildman–Crippen LogP) is 1.48. The van der Waals surface area contributed by atoms with Gasteiger partial charge in [-0.15, -0.1) is 0 Å². The van der Waals surface area contributed by atoms with Crippen LogP contribution in [0.25, 0.3) is 0 Å². The fraction of sp³-hybridized carbons (Fsp3) is 0.692. The van der Waals surface area contributed by atoms with Gasteiger partial charge in [-0.1, -0.05) is 0 Å². The second-order valence-corrected chi connectivity index (χ2v) is 4.64. The minimum Gasteiger partial charge on any atom is -0.468 e. The van der Waals surface area contributed by atoms with Crippen molar-refractivity contribution in [3.05, 3.63) is 24.2 Å². The van der Waals surface area contributed by atoms with Crippen molar-refractivity contribution < 1.29 is 9.15 Å². The molecule has 1 fully saturated rings. The fourth-order valence-electron chi connectivity index (χ4n) is 2.15. The summed E-state index contributed by atoms with van der Waals surface area (Å²) in [6.45, 7) is 9.07. The molecular formula is C13H22N2O2. The Balaban J connectivity index is 1.76. The maximum Gasteiger partial charge on any atom is 0.117 e. The summed E-state index contributed by atoms with van der Waals surface area (Å²) in [6, 6.07) is 4.89. The Labute approximate surface area is 103 Å². The number of furan rings is 1. The summed E-state index contributed by atoms with van der Waals surface area (Å²) >= 11 is 0. The molecule has 0 saturated carbocycles. The SMILES string of the molecule is CC(NCc1ccco1)C(C)N1CCOCC1. The lowest BCUT2D eigenvalue weighted by molar-refractivity contribution is 0.0134. The number of hydrogen-bond acceptors (Lipinski definition) is 4. The van der Waals surface area contributed by atoms with Crippen LogP contribution in [0.1, 0.15) is 19.6 Å². The normalized spacial score (nSPS) is 21.3. The van der Waals surface area contributed by atoms with E-state index in [4.69, 9.17) is 9.15 Å². The summed E-state index contributed by atoms with van der Waals surface area (Å²) < 4.78 is 10.7. The molecule has 1 saturated heterocycles. The molecule has 2 atom stereocenters. The van der Waals surface area contributed by atoms with Gasteiger partial charge >= 0.3 is 0 Å². The van der Waals surface area contributed by atoms with Crippen LogP contribution in [0.4, 0.5) is 0 Å². The minimum absolute atomic E-state index is 0.443. The Bertz CT molecular complexity index is 307. The molecule has 2 unspecified atom stereocenters. The van der Waals surface area contributed by atoms with Gasteiger partial charge in [0.15, 0.2) is 0 Å². The van der Waals surface area contributed by atoms with Gasteiger partial charge in [0, 0.05) is 25.2 Å². The van der Waals surface area contributed by atoms with E-state index < -0.39 is 0 Å². The topological polar surface area (TPSA) is 37.6 Å². The van der Waals surface area contributed by atoms with Crippen LogP contribution < -0.4 is 5.32 Å². The molecule has 0 amide bonds. The molecule has 4 nitrogen and oxygen atoms in total. The summed E-state index contributed by atoms with van der Waals surface area (Å²) in [7, 11) is 0. The minimum atomic E-state index is 0.443. The average Bonchev–Trinajstić information content (AvgIpc) is 2.89. The molecule has 0 radical (unpaired) electrons. The molecule has 4 heteroatoms. The van der Waals surface area contributed by atoms with E-state index in [9.17, 15) is 0 Å². The van der Waals surface area contributed by atoms with E-state index >= 15 is 0 Å². The van der Waals surface area contributed by atoms with Crippen LogP contribution in [0.2, 0.25) is 0 Å². The Hall–Kier alpha value is -0.840. The highest BCUT2D eigenvalue weighted by atomic mass is 16.5. The lowest BCUT2D eigenvalue weighted by Gasteiger charge is -2.35. The first-order valence-electron chi connectivity index (χ1n) is 6.35. The number of hydrogen-bond donors (Lipinski definition) is 1. The molecule has 1 aliphatic rings. The highest BCUT2D eigenvalue weighted by molar-refractivity contribution is 4.98. The summed E-state index contributed by atoms with van der Waals surface area (Å²) in [5.41, 5.74) is 0. The first-order chi connectivity index (χ1) is 8.27. The number of rotatable bonds is 5. The number of nitrogens with zero attached hydrogens (tertiary/aromatic N) is 1. The zero-order chi connectivity index (χ0) is 12.1. The van der Waals surface area contributed by atoms with Gasteiger partial charge in [-0.2, -0.15) is 0 Å². The van der Waals surface area contributed by atoms with Crippen LogP contribution in [0, 0.1) is 0 Å². The lowest BCUT2D eigenvalue weighted by Crippen LogP contribution is -2.50. The molecule has 17 heavy (non-hydrogen) atoms. The highest BCUT2D eigenvalue weighted by Crippen LogP contribution is 2.08. The van der Waals surface area contributed by atoms with Crippen molar-refractivity contribution in [3.63, 3.8) is 0 Å².